The second-order valence-electron chi connectivity index (χ2n) is 4.94. The van der Waals surface area contributed by atoms with Gasteiger partial charge in [0.25, 0.3) is 0 Å². The Morgan fingerprint density at radius 2 is 2.07 bits per heavy atom. The van der Waals surface area contributed by atoms with Gasteiger partial charge in [-0.05, 0) is 18.8 Å². The Kier molecular flexibility index (Phi) is 4.14. The Balaban J connectivity index is 2.73. The molecule has 0 saturated carbocycles. The van der Waals surface area contributed by atoms with Crippen molar-refractivity contribution in [3.63, 3.8) is 0 Å². The van der Waals surface area contributed by atoms with E-state index < -0.39 is 0 Å². The molecule has 1 unspecified atom stereocenters. The quantitative estimate of drug-likeness (QED) is 0.658. The average Bonchev–Trinajstić information content (AvgIpc) is 2.13. The third-order valence-corrected chi connectivity index (χ3v) is 3.23. The van der Waals surface area contributed by atoms with E-state index in [-0.39, 0.29) is 17.3 Å². The number of carbonyl (C=O) groups is 1. The highest BCUT2D eigenvalue weighted by Gasteiger charge is 2.48. The third-order valence-electron chi connectivity index (χ3n) is 3.23. The minimum atomic E-state index is -0.0820. The van der Waals surface area contributed by atoms with Crippen LogP contribution in [0.1, 0.15) is 33.6 Å². The van der Waals surface area contributed by atoms with Crippen LogP contribution in [0.4, 0.5) is 0 Å². The molecule has 88 valence electrons. The summed E-state index contributed by atoms with van der Waals surface area (Å²) < 4.78 is 10.2. The average molecular weight is 214 g/mol. The van der Waals surface area contributed by atoms with Crippen molar-refractivity contribution in [1.82, 2.24) is 0 Å². The van der Waals surface area contributed by atoms with Crippen LogP contribution in [0, 0.1) is 17.3 Å². The Morgan fingerprint density at radius 3 is 2.33 bits per heavy atom. The molecule has 0 amide bonds. The van der Waals surface area contributed by atoms with E-state index in [2.05, 4.69) is 13.8 Å². The number of ether oxygens (including phenoxy) is 2. The summed E-state index contributed by atoms with van der Waals surface area (Å²) in [7, 11) is 1.47. The molecule has 1 aliphatic heterocycles. The molecule has 1 aliphatic rings. The lowest BCUT2D eigenvalue weighted by Crippen LogP contribution is -2.51. The maximum atomic E-state index is 11.7. The normalized spacial score (nSPS) is 20.9. The summed E-state index contributed by atoms with van der Waals surface area (Å²) in [5.41, 5.74) is 0.0377. The highest BCUT2D eigenvalue weighted by Crippen LogP contribution is 2.43. The molecule has 3 nitrogen and oxygen atoms in total. The zero-order valence-corrected chi connectivity index (χ0v) is 10.2. The number of esters is 1. The van der Waals surface area contributed by atoms with E-state index in [4.69, 9.17) is 9.47 Å². The molecule has 1 rings (SSSR count). The monoisotopic (exact) mass is 214 g/mol. The van der Waals surface area contributed by atoms with Gasteiger partial charge in [-0.25, -0.2) is 0 Å². The van der Waals surface area contributed by atoms with Crippen molar-refractivity contribution >= 4 is 5.97 Å². The van der Waals surface area contributed by atoms with Gasteiger partial charge in [0.2, 0.25) is 0 Å². The van der Waals surface area contributed by atoms with Crippen molar-refractivity contribution in [2.24, 2.45) is 17.3 Å². The molecule has 0 bridgehead atoms. The van der Waals surface area contributed by atoms with E-state index in [1.165, 1.54) is 7.11 Å². The van der Waals surface area contributed by atoms with Gasteiger partial charge in [-0.15, -0.1) is 0 Å². The van der Waals surface area contributed by atoms with Crippen LogP contribution in [0.5, 0.6) is 0 Å². The van der Waals surface area contributed by atoms with Crippen molar-refractivity contribution in [2.45, 2.75) is 33.6 Å². The first-order valence-electron chi connectivity index (χ1n) is 5.71. The molecule has 1 fully saturated rings. The van der Waals surface area contributed by atoms with Crippen LogP contribution < -0.4 is 0 Å². The van der Waals surface area contributed by atoms with Gasteiger partial charge >= 0.3 is 5.97 Å². The highest BCUT2D eigenvalue weighted by molar-refractivity contribution is 5.73. The van der Waals surface area contributed by atoms with Gasteiger partial charge in [0.1, 0.15) is 0 Å². The van der Waals surface area contributed by atoms with Gasteiger partial charge in [-0.3, -0.25) is 4.79 Å². The number of methoxy groups -OCH3 is 1. The largest absolute Gasteiger partial charge is 0.469 e. The van der Waals surface area contributed by atoms with Crippen LogP contribution in [0.15, 0.2) is 0 Å². The molecule has 0 radical (unpaired) electrons. The predicted molar refractivity (Wildman–Crippen MR) is 58.5 cm³/mol. The molecule has 0 aromatic rings. The summed E-state index contributed by atoms with van der Waals surface area (Å²) in [5.74, 6) is 0.507. The summed E-state index contributed by atoms with van der Waals surface area (Å²) in [5, 5.41) is 0. The van der Waals surface area contributed by atoms with E-state index in [1.807, 2.05) is 6.92 Å². The second kappa shape index (κ2) is 4.97. The fourth-order valence-electron chi connectivity index (χ4n) is 2.63. The Morgan fingerprint density at radius 1 is 1.47 bits per heavy atom. The second-order valence-corrected chi connectivity index (χ2v) is 4.94. The minimum absolute atomic E-state index is 0.00125. The number of hydrogen-bond donors (Lipinski definition) is 0. The summed E-state index contributed by atoms with van der Waals surface area (Å²) >= 11 is 0. The first-order chi connectivity index (χ1) is 7.05. The van der Waals surface area contributed by atoms with Crippen LogP contribution in [0.2, 0.25) is 0 Å². The van der Waals surface area contributed by atoms with Crippen molar-refractivity contribution in [1.29, 1.82) is 0 Å². The topological polar surface area (TPSA) is 35.5 Å². The van der Waals surface area contributed by atoms with Crippen molar-refractivity contribution < 1.29 is 14.3 Å². The molecule has 0 spiro atoms. The van der Waals surface area contributed by atoms with Crippen LogP contribution in [-0.4, -0.2) is 26.3 Å². The van der Waals surface area contributed by atoms with Gasteiger partial charge in [0.15, 0.2) is 0 Å². The molecule has 1 atom stereocenters. The lowest BCUT2D eigenvalue weighted by molar-refractivity contribution is -0.183. The predicted octanol–water partition coefficient (Wildman–Crippen LogP) is 2.25. The van der Waals surface area contributed by atoms with E-state index >= 15 is 0 Å². The van der Waals surface area contributed by atoms with Crippen LogP contribution in [0.3, 0.4) is 0 Å². The van der Waals surface area contributed by atoms with Crippen molar-refractivity contribution in [2.75, 3.05) is 20.3 Å². The molecule has 0 aliphatic carbocycles. The van der Waals surface area contributed by atoms with E-state index in [0.29, 0.717) is 19.1 Å². The SMILES string of the molecule is CCC(C(=O)OC)C1(CC(C)C)COC1. The standard InChI is InChI=1S/C12H22O3/c1-5-10(11(13)14-4)12(6-9(2)3)7-15-8-12/h9-10H,5-8H2,1-4H3. The highest BCUT2D eigenvalue weighted by atomic mass is 16.5. The third kappa shape index (κ3) is 2.51. The van der Waals surface area contributed by atoms with Gasteiger partial charge in [-0.1, -0.05) is 20.8 Å². The Labute approximate surface area is 92.1 Å². The molecule has 0 aromatic heterocycles. The van der Waals surface area contributed by atoms with Crippen LogP contribution >= 0.6 is 0 Å². The molecule has 1 heterocycles. The molecule has 3 heteroatoms. The molecule has 0 aromatic carbocycles. The fraction of sp³-hybridized carbons (Fsp3) is 0.917. The summed E-state index contributed by atoms with van der Waals surface area (Å²) in [4.78, 5) is 11.7. The van der Waals surface area contributed by atoms with Crippen LogP contribution in [-0.2, 0) is 14.3 Å². The molecule has 1 saturated heterocycles. The number of rotatable bonds is 5. The lowest BCUT2D eigenvalue weighted by atomic mass is 9.67. The number of carbonyl (C=O) groups excluding carboxylic acids is 1. The van der Waals surface area contributed by atoms with Crippen molar-refractivity contribution in [3.05, 3.63) is 0 Å². The molecular formula is C12H22O3. The summed E-state index contributed by atoms with van der Waals surface area (Å²) in [6.45, 7) is 7.83. The fourth-order valence-corrected chi connectivity index (χ4v) is 2.63. The zero-order chi connectivity index (χ0) is 11.5. The lowest BCUT2D eigenvalue weighted by Gasteiger charge is -2.46. The van der Waals surface area contributed by atoms with E-state index in [0.717, 1.165) is 12.8 Å². The van der Waals surface area contributed by atoms with Gasteiger partial charge < -0.3 is 9.47 Å². The summed E-state index contributed by atoms with van der Waals surface area (Å²) in [6, 6.07) is 0. The Hall–Kier alpha value is -0.570. The first kappa shape index (κ1) is 12.5. The minimum Gasteiger partial charge on any atom is -0.469 e. The van der Waals surface area contributed by atoms with Gasteiger partial charge in [0, 0.05) is 5.41 Å². The van der Waals surface area contributed by atoms with Crippen LogP contribution in [0.25, 0.3) is 0 Å². The van der Waals surface area contributed by atoms with E-state index in [9.17, 15) is 4.79 Å². The maximum absolute atomic E-state index is 11.7. The van der Waals surface area contributed by atoms with E-state index in [1.54, 1.807) is 0 Å². The molecule has 15 heavy (non-hydrogen) atoms. The van der Waals surface area contributed by atoms with Gasteiger partial charge in [-0.2, -0.15) is 0 Å². The van der Waals surface area contributed by atoms with Gasteiger partial charge in [0.05, 0.1) is 26.2 Å². The Bertz CT molecular complexity index is 219. The zero-order valence-electron chi connectivity index (χ0n) is 10.2. The maximum Gasteiger partial charge on any atom is 0.309 e. The number of hydrogen-bond acceptors (Lipinski definition) is 3. The first-order valence-corrected chi connectivity index (χ1v) is 5.71. The molecule has 0 N–H and O–H groups in total. The molecular weight excluding hydrogens is 192 g/mol. The smallest absolute Gasteiger partial charge is 0.309 e. The van der Waals surface area contributed by atoms with Crippen molar-refractivity contribution in [3.8, 4) is 0 Å². The summed E-state index contributed by atoms with van der Waals surface area (Å²) in [6.07, 6.45) is 1.88.